The molecule has 3 atom stereocenters. The van der Waals surface area contributed by atoms with Crippen LogP contribution in [0.3, 0.4) is 0 Å². The fourth-order valence-corrected chi connectivity index (χ4v) is 5.79. The number of benzene rings is 2. The maximum Gasteiger partial charge on any atom is 0.356 e. The number of nitrogens with zero attached hydrogens (tertiary/aromatic N) is 2. The molecule has 0 radical (unpaired) electrons. The molecule has 2 aromatic carbocycles. The van der Waals surface area contributed by atoms with Gasteiger partial charge < -0.3 is 24.6 Å². The summed E-state index contributed by atoms with van der Waals surface area (Å²) in [4.78, 5) is 40.1. The zero-order valence-corrected chi connectivity index (χ0v) is 19.2. The number of hydrogen-bond donors (Lipinski definition) is 3. The lowest BCUT2D eigenvalue weighted by Gasteiger charge is -2.52. The molecule has 35 heavy (non-hydrogen) atoms. The zero-order chi connectivity index (χ0) is 25.1. The van der Waals surface area contributed by atoms with Crippen molar-refractivity contribution < 1.29 is 37.2 Å². The van der Waals surface area contributed by atoms with E-state index in [1.165, 1.54) is 41.3 Å². The number of carbonyl (C=O) groups excluding carboxylic acids is 2. The number of aromatic hydroxyl groups is 1. The van der Waals surface area contributed by atoms with Crippen LogP contribution in [0.2, 0.25) is 0 Å². The summed E-state index contributed by atoms with van der Waals surface area (Å²) < 4.78 is 31.1. The van der Waals surface area contributed by atoms with Gasteiger partial charge in [0.15, 0.2) is 11.5 Å². The number of aryl methyl sites for hydroxylation is 1. The van der Waals surface area contributed by atoms with Crippen molar-refractivity contribution in [1.82, 2.24) is 9.80 Å². The third kappa shape index (κ3) is 3.66. The number of likely N-dealkylation sites (tertiary alicyclic amines) is 1. The van der Waals surface area contributed by atoms with Crippen LogP contribution in [0, 0.1) is 12.8 Å². The van der Waals surface area contributed by atoms with Gasteiger partial charge in [0.25, 0.3) is 5.91 Å². The van der Waals surface area contributed by atoms with E-state index in [0.29, 0.717) is 5.69 Å². The molecule has 2 saturated heterocycles. The number of carboxylic acid groups (broad SMARTS) is 1. The number of carboxylic acids is 1. The molecule has 2 aromatic rings. The molecule has 3 heterocycles. The van der Waals surface area contributed by atoms with Crippen LogP contribution >= 0.6 is 0 Å². The summed E-state index contributed by atoms with van der Waals surface area (Å²) in [5.74, 6) is -3.07. The van der Waals surface area contributed by atoms with Gasteiger partial charge in [-0.1, -0.05) is 17.7 Å². The fraction of sp³-hybridized carbons (Fsp3) is 0.261. The summed E-state index contributed by atoms with van der Waals surface area (Å²) in [6.45, 7) is 1.88. The van der Waals surface area contributed by atoms with E-state index >= 15 is 0 Å². The van der Waals surface area contributed by atoms with Crippen molar-refractivity contribution in [3.8, 4) is 5.75 Å². The van der Waals surface area contributed by atoms with Crippen molar-refractivity contribution in [3.63, 3.8) is 0 Å². The maximum atomic E-state index is 13.0. The lowest BCUT2D eigenvalue weighted by molar-refractivity contribution is -0.160. The number of rotatable bonds is 5. The first-order valence-electron chi connectivity index (χ1n) is 10.8. The van der Waals surface area contributed by atoms with E-state index in [-0.39, 0.29) is 29.4 Å². The molecule has 11 nitrogen and oxygen atoms in total. The predicted molar refractivity (Wildman–Crippen MR) is 120 cm³/mol. The van der Waals surface area contributed by atoms with Crippen LogP contribution in [0.1, 0.15) is 12.0 Å². The highest BCUT2D eigenvalue weighted by atomic mass is 32.2. The summed E-state index contributed by atoms with van der Waals surface area (Å²) in [5, 5.41) is 21.9. The van der Waals surface area contributed by atoms with E-state index in [0.717, 1.165) is 10.5 Å². The Morgan fingerprint density at radius 3 is 2.37 bits per heavy atom. The Hall–Kier alpha value is -4.06. The van der Waals surface area contributed by atoms with Crippen molar-refractivity contribution >= 4 is 33.7 Å². The first-order valence-corrected chi connectivity index (χ1v) is 12.2. The molecule has 0 aromatic heterocycles. The van der Waals surface area contributed by atoms with Gasteiger partial charge in [-0.05, 0) is 49.7 Å². The summed E-state index contributed by atoms with van der Waals surface area (Å²) in [5.41, 5.74) is 0.728. The molecular weight excluding hydrogens is 478 g/mol. The highest BCUT2D eigenvalue weighted by Gasteiger charge is 2.65. The summed E-state index contributed by atoms with van der Waals surface area (Å²) >= 11 is 0. The molecule has 12 heteroatoms. The number of phenolic OH excluding ortho intramolecular Hbond substituents is 1. The molecule has 3 amide bonds. The number of hydrogen-bond acceptors (Lipinski definition) is 7. The Morgan fingerprint density at radius 2 is 1.74 bits per heavy atom. The molecule has 3 aliphatic rings. The van der Waals surface area contributed by atoms with E-state index in [2.05, 4.69) is 5.32 Å². The van der Waals surface area contributed by atoms with Gasteiger partial charge in [0.2, 0.25) is 0 Å². The number of phenols is 1. The monoisotopic (exact) mass is 499 g/mol. The van der Waals surface area contributed by atoms with Crippen molar-refractivity contribution in [2.75, 3.05) is 11.9 Å². The van der Waals surface area contributed by atoms with Crippen molar-refractivity contribution in [2.24, 2.45) is 5.92 Å². The second-order valence-electron chi connectivity index (χ2n) is 8.58. The number of urea groups is 1. The Labute approximate surface area is 200 Å². The highest BCUT2D eigenvalue weighted by molar-refractivity contribution is 7.86. The topological polar surface area (TPSA) is 154 Å². The van der Waals surface area contributed by atoms with Crippen molar-refractivity contribution in [1.29, 1.82) is 0 Å². The Kier molecular flexibility index (Phi) is 5.20. The number of nitrogens with one attached hydrogen (secondary N) is 1. The average Bonchev–Trinajstić information content (AvgIpc) is 3.12. The van der Waals surface area contributed by atoms with Gasteiger partial charge in [-0.15, -0.1) is 0 Å². The third-order valence-corrected chi connectivity index (χ3v) is 7.69. The second kappa shape index (κ2) is 8.01. The second-order valence-corrected chi connectivity index (χ2v) is 10.1. The van der Waals surface area contributed by atoms with Gasteiger partial charge in [0.05, 0.1) is 6.04 Å². The van der Waals surface area contributed by atoms with E-state index < -0.39 is 51.7 Å². The molecule has 0 spiro atoms. The van der Waals surface area contributed by atoms with Crippen LogP contribution in [0.15, 0.2) is 64.9 Å². The van der Waals surface area contributed by atoms with E-state index in [1.807, 2.05) is 0 Å². The van der Waals surface area contributed by atoms with Gasteiger partial charge in [0.1, 0.15) is 16.7 Å². The van der Waals surface area contributed by atoms with Gasteiger partial charge in [-0.2, -0.15) is 8.42 Å². The molecule has 2 fully saturated rings. The molecule has 5 rings (SSSR count). The minimum absolute atomic E-state index is 0.0278. The number of β-lactam (4-membered cyclic amide) rings is 1. The van der Waals surface area contributed by atoms with E-state index in [1.54, 1.807) is 19.1 Å². The van der Waals surface area contributed by atoms with Gasteiger partial charge in [0, 0.05) is 18.2 Å². The SMILES string of the molecule is Cc1ccc(S(=O)(=O)OC2=C(C(=O)O)N3C(=O)[C@@H]4[C@H]3C2CCN4C(=O)Nc2ccc(O)cc2)cc1. The number of amides is 3. The molecule has 0 aliphatic carbocycles. The summed E-state index contributed by atoms with van der Waals surface area (Å²) in [7, 11) is -4.35. The van der Waals surface area contributed by atoms with Crippen LogP contribution in [0.25, 0.3) is 0 Å². The first-order chi connectivity index (χ1) is 16.6. The highest BCUT2D eigenvalue weighted by Crippen LogP contribution is 2.50. The quantitative estimate of drug-likeness (QED) is 0.320. The smallest absolute Gasteiger partial charge is 0.356 e. The average molecular weight is 500 g/mol. The lowest BCUT2D eigenvalue weighted by Crippen LogP contribution is -2.74. The van der Waals surface area contributed by atoms with Crippen LogP contribution in [0.4, 0.5) is 10.5 Å². The normalized spacial score (nSPS) is 23.0. The molecule has 3 N–H and O–H groups in total. The van der Waals surface area contributed by atoms with Gasteiger partial charge in [-0.25, -0.2) is 9.59 Å². The Bertz CT molecular complexity index is 1370. The number of aliphatic carboxylic acids is 1. The first kappa shape index (κ1) is 22.7. The largest absolute Gasteiger partial charge is 0.508 e. The number of carbonyl (C=O) groups is 3. The molecule has 0 bridgehead atoms. The van der Waals surface area contributed by atoms with E-state index in [4.69, 9.17) is 4.18 Å². The van der Waals surface area contributed by atoms with Crippen LogP contribution < -0.4 is 5.32 Å². The minimum atomic E-state index is -4.35. The molecule has 1 unspecified atom stereocenters. The number of anilines is 1. The molecular formula is C23H21N3O8S. The van der Waals surface area contributed by atoms with Crippen LogP contribution in [0.5, 0.6) is 5.75 Å². The van der Waals surface area contributed by atoms with Crippen LogP contribution in [-0.4, -0.2) is 65.0 Å². The molecule has 0 saturated carbocycles. The zero-order valence-electron chi connectivity index (χ0n) is 18.4. The summed E-state index contributed by atoms with van der Waals surface area (Å²) in [6.07, 6.45) is 0.198. The molecule has 182 valence electrons. The van der Waals surface area contributed by atoms with Gasteiger partial charge in [-0.3, -0.25) is 9.69 Å². The van der Waals surface area contributed by atoms with Crippen molar-refractivity contribution in [2.45, 2.75) is 30.3 Å². The lowest BCUT2D eigenvalue weighted by atomic mass is 9.80. The van der Waals surface area contributed by atoms with Gasteiger partial charge >= 0.3 is 22.1 Å². The predicted octanol–water partition coefficient (Wildman–Crippen LogP) is 1.85. The Morgan fingerprint density at radius 1 is 1.09 bits per heavy atom. The minimum Gasteiger partial charge on any atom is -0.508 e. The van der Waals surface area contributed by atoms with Crippen LogP contribution in [-0.2, 0) is 23.9 Å². The maximum absolute atomic E-state index is 13.0. The fourth-order valence-electron chi connectivity index (χ4n) is 4.79. The summed E-state index contributed by atoms with van der Waals surface area (Å²) in [6, 6.07) is 9.44. The third-order valence-electron chi connectivity index (χ3n) is 6.44. The molecule has 3 aliphatic heterocycles. The number of piperidine rings is 1. The standard InChI is InChI=1S/C23H21N3O8S/c1-12-2-8-15(9-3-12)35(32,33)34-20-16-10-11-25(23(31)24-13-4-6-14(27)7-5-13)18-17(16)26(21(18)28)19(20)22(29)30/h2-9,16-18,27H,10-11H2,1H3,(H,24,31)(H,29,30)/t16?,17-,18+/m1/s1. The van der Waals surface area contributed by atoms with E-state index in [9.17, 15) is 33.0 Å². The Balaban J connectivity index is 1.41. The van der Waals surface area contributed by atoms with Crippen molar-refractivity contribution in [3.05, 3.63) is 65.6 Å².